The third-order valence-corrected chi connectivity index (χ3v) is 2.57. The maximum atomic E-state index is 8.67. The van der Waals surface area contributed by atoms with Crippen molar-refractivity contribution in [3.63, 3.8) is 0 Å². The number of hydrogen-bond donors (Lipinski definition) is 2. The molecule has 0 heterocycles. The fourth-order valence-electron chi connectivity index (χ4n) is 1.44. The maximum absolute atomic E-state index is 8.67. The molecule has 0 radical (unpaired) electrons. The lowest BCUT2D eigenvalue weighted by molar-refractivity contribution is 0.160. The zero-order valence-corrected chi connectivity index (χ0v) is 9.68. The van der Waals surface area contributed by atoms with E-state index in [-0.39, 0.29) is 6.54 Å². The first kappa shape index (κ1) is 12.1. The highest BCUT2D eigenvalue weighted by Gasteiger charge is 2.15. The summed E-state index contributed by atoms with van der Waals surface area (Å²) in [5, 5.41) is 9.26. The van der Waals surface area contributed by atoms with Crippen molar-refractivity contribution in [2.75, 3.05) is 14.2 Å². The van der Waals surface area contributed by atoms with Crippen LogP contribution in [0.25, 0.3) is 0 Å². The van der Waals surface area contributed by atoms with Gasteiger partial charge in [-0.2, -0.15) is 0 Å². The molecule has 84 valence electrons. The van der Waals surface area contributed by atoms with Gasteiger partial charge in [-0.1, -0.05) is 11.6 Å². The molecule has 0 unspecified atom stereocenters. The van der Waals surface area contributed by atoms with Gasteiger partial charge >= 0.3 is 0 Å². The first-order valence-electron chi connectivity index (χ1n) is 4.42. The van der Waals surface area contributed by atoms with Crippen LogP contribution in [0.15, 0.2) is 6.07 Å². The van der Waals surface area contributed by atoms with E-state index in [0.717, 1.165) is 11.1 Å². The van der Waals surface area contributed by atoms with Gasteiger partial charge in [-0.25, -0.2) is 5.48 Å². The highest BCUT2D eigenvalue weighted by atomic mass is 35.5. The van der Waals surface area contributed by atoms with E-state index >= 15 is 0 Å². The van der Waals surface area contributed by atoms with Gasteiger partial charge in [-0.15, -0.1) is 0 Å². The summed E-state index contributed by atoms with van der Waals surface area (Å²) in [4.78, 5) is 0. The van der Waals surface area contributed by atoms with Crippen molar-refractivity contribution in [1.82, 2.24) is 5.48 Å². The number of ether oxygens (including phenoxy) is 2. The lowest BCUT2D eigenvalue weighted by Crippen LogP contribution is -2.09. The van der Waals surface area contributed by atoms with E-state index in [1.54, 1.807) is 20.3 Å². The van der Waals surface area contributed by atoms with Gasteiger partial charge in [0.15, 0.2) is 11.5 Å². The van der Waals surface area contributed by atoms with Gasteiger partial charge in [0.1, 0.15) is 0 Å². The topological polar surface area (TPSA) is 50.7 Å². The quantitative estimate of drug-likeness (QED) is 0.780. The van der Waals surface area contributed by atoms with Gasteiger partial charge in [-0.3, -0.25) is 0 Å². The van der Waals surface area contributed by atoms with Gasteiger partial charge in [0.25, 0.3) is 0 Å². The van der Waals surface area contributed by atoms with Crippen LogP contribution in [-0.2, 0) is 6.54 Å². The average molecular weight is 232 g/mol. The van der Waals surface area contributed by atoms with Crippen LogP contribution in [0, 0.1) is 6.92 Å². The number of nitrogens with one attached hydrogen (secondary N) is 1. The van der Waals surface area contributed by atoms with Crippen molar-refractivity contribution >= 4 is 11.6 Å². The molecule has 1 aromatic carbocycles. The molecular formula is C10H14ClNO3. The Morgan fingerprint density at radius 2 is 1.93 bits per heavy atom. The zero-order chi connectivity index (χ0) is 11.4. The summed E-state index contributed by atoms with van der Waals surface area (Å²) in [6, 6.07) is 1.74. The van der Waals surface area contributed by atoms with Crippen LogP contribution in [0.3, 0.4) is 0 Å². The molecule has 0 aliphatic heterocycles. The fourth-order valence-corrected chi connectivity index (χ4v) is 1.65. The van der Waals surface area contributed by atoms with Crippen molar-refractivity contribution in [1.29, 1.82) is 0 Å². The summed E-state index contributed by atoms with van der Waals surface area (Å²) in [6.45, 7) is 2.10. The van der Waals surface area contributed by atoms with Crippen LogP contribution in [0.4, 0.5) is 0 Å². The number of halogens is 1. The average Bonchev–Trinajstić information content (AvgIpc) is 2.23. The van der Waals surface area contributed by atoms with Gasteiger partial charge in [0, 0.05) is 22.7 Å². The number of hydrogen-bond acceptors (Lipinski definition) is 4. The lowest BCUT2D eigenvalue weighted by atomic mass is 10.1. The molecule has 15 heavy (non-hydrogen) atoms. The first-order chi connectivity index (χ1) is 7.15. The van der Waals surface area contributed by atoms with Crippen LogP contribution < -0.4 is 15.0 Å². The Bertz CT molecular complexity index is 355. The summed E-state index contributed by atoms with van der Waals surface area (Å²) in [7, 11) is 3.10. The summed E-state index contributed by atoms with van der Waals surface area (Å²) < 4.78 is 10.4. The third kappa shape index (κ3) is 2.34. The van der Waals surface area contributed by atoms with Crippen molar-refractivity contribution in [2.24, 2.45) is 0 Å². The van der Waals surface area contributed by atoms with Crippen molar-refractivity contribution < 1.29 is 14.7 Å². The molecule has 4 nitrogen and oxygen atoms in total. The van der Waals surface area contributed by atoms with Crippen LogP contribution in [0.1, 0.15) is 11.1 Å². The molecule has 5 heteroatoms. The van der Waals surface area contributed by atoms with Gasteiger partial charge in [0.05, 0.1) is 14.2 Å². The van der Waals surface area contributed by atoms with Gasteiger partial charge in [0.2, 0.25) is 0 Å². The van der Waals surface area contributed by atoms with Crippen LogP contribution in [0.2, 0.25) is 5.02 Å². The van der Waals surface area contributed by atoms with E-state index in [2.05, 4.69) is 5.48 Å². The molecule has 1 rings (SSSR count). The predicted molar refractivity (Wildman–Crippen MR) is 57.9 cm³/mol. The minimum atomic E-state index is 0.250. The van der Waals surface area contributed by atoms with E-state index in [0.29, 0.717) is 16.5 Å². The number of hydroxylamine groups is 1. The number of benzene rings is 1. The van der Waals surface area contributed by atoms with E-state index in [1.165, 1.54) is 0 Å². The van der Waals surface area contributed by atoms with E-state index in [9.17, 15) is 0 Å². The summed E-state index contributed by atoms with van der Waals surface area (Å²) in [6.07, 6.45) is 0. The zero-order valence-electron chi connectivity index (χ0n) is 8.93. The predicted octanol–water partition coefficient (Wildman–Crippen LogP) is 2.14. The first-order valence-corrected chi connectivity index (χ1v) is 4.80. The fraction of sp³-hybridized carbons (Fsp3) is 0.400. The van der Waals surface area contributed by atoms with Crippen molar-refractivity contribution in [3.05, 3.63) is 22.2 Å². The molecule has 0 aromatic heterocycles. The van der Waals surface area contributed by atoms with Crippen LogP contribution in [-0.4, -0.2) is 19.4 Å². The monoisotopic (exact) mass is 231 g/mol. The molecule has 0 aliphatic rings. The highest BCUT2D eigenvalue weighted by Crippen LogP contribution is 2.38. The summed E-state index contributed by atoms with van der Waals surface area (Å²) in [5.41, 5.74) is 3.62. The largest absolute Gasteiger partial charge is 0.493 e. The van der Waals surface area contributed by atoms with E-state index in [4.69, 9.17) is 26.3 Å². The molecular weight excluding hydrogens is 218 g/mol. The second-order valence-corrected chi connectivity index (χ2v) is 3.45. The minimum Gasteiger partial charge on any atom is -0.493 e. The smallest absolute Gasteiger partial charge is 0.165 e. The highest BCUT2D eigenvalue weighted by molar-refractivity contribution is 6.31. The van der Waals surface area contributed by atoms with Crippen molar-refractivity contribution in [3.8, 4) is 11.5 Å². The Morgan fingerprint density at radius 3 is 2.40 bits per heavy atom. The standard InChI is InChI=1S/C10H14ClNO3/c1-6-8(11)4-7(5-12-13)10(15-3)9(6)14-2/h4,12-13H,5H2,1-3H3. The Labute approximate surface area is 93.7 Å². The SMILES string of the molecule is COc1c(CNO)cc(Cl)c(C)c1OC. The molecule has 1 aromatic rings. The van der Waals surface area contributed by atoms with E-state index < -0.39 is 0 Å². The van der Waals surface area contributed by atoms with Crippen LogP contribution in [0.5, 0.6) is 11.5 Å². The lowest BCUT2D eigenvalue weighted by Gasteiger charge is -2.15. The summed E-state index contributed by atoms with van der Waals surface area (Å²) >= 11 is 6.02. The molecule has 0 bridgehead atoms. The molecule has 0 aliphatic carbocycles. The minimum absolute atomic E-state index is 0.250. The second kappa shape index (κ2) is 5.21. The molecule has 0 fully saturated rings. The van der Waals surface area contributed by atoms with Gasteiger partial charge in [-0.05, 0) is 13.0 Å². The van der Waals surface area contributed by atoms with Gasteiger partial charge < -0.3 is 14.7 Å². The molecule has 0 spiro atoms. The molecule has 2 N–H and O–H groups in total. The molecule has 0 amide bonds. The normalized spacial score (nSPS) is 10.2. The van der Waals surface area contributed by atoms with Crippen molar-refractivity contribution in [2.45, 2.75) is 13.5 Å². The number of methoxy groups -OCH3 is 2. The Balaban J connectivity index is 3.33. The van der Waals surface area contributed by atoms with E-state index in [1.807, 2.05) is 6.92 Å². The molecule has 0 saturated heterocycles. The summed E-state index contributed by atoms with van der Waals surface area (Å²) in [5.74, 6) is 1.18. The molecule has 0 atom stereocenters. The van der Waals surface area contributed by atoms with Crippen LogP contribution >= 0.6 is 11.6 Å². The third-order valence-electron chi connectivity index (χ3n) is 2.18. The number of rotatable bonds is 4. The Kier molecular flexibility index (Phi) is 4.20. The second-order valence-electron chi connectivity index (χ2n) is 3.04. The Hall–Kier alpha value is -0.970. The maximum Gasteiger partial charge on any atom is 0.165 e. The Morgan fingerprint density at radius 1 is 1.33 bits per heavy atom. The molecule has 0 saturated carbocycles.